The van der Waals surface area contributed by atoms with Gasteiger partial charge in [-0.2, -0.15) is 0 Å². The molecule has 0 aliphatic rings. The first-order chi connectivity index (χ1) is 5.97. The zero-order valence-corrected chi connectivity index (χ0v) is 9.19. The van der Waals surface area contributed by atoms with E-state index in [1.54, 1.807) is 26.1 Å². The van der Waals surface area contributed by atoms with Crippen molar-refractivity contribution >= 4 is 23.4 Å². The van der Waals surface area contributed by atoms with Gasteiger partial charge in [0.05, 0.1) is 15.6 Å². The quantitative estimate of drug-likeness (QED) is 0.791. The molecular weight excluding hydrogens is 206 g/mol. The molecule has 0 aliphatic carbocycles. The average molecular weight is 218 g/mol. The molecular formula is C9H12ClNOS. The molecule has 0 aromatic carbocycles. The number of pyridine rings is 1. The molecule has 0 fully saturated rings. The molecule has 0 aliphatic heterocycles. The van der Waals surface area contributed by atoms with Crippen molar-refractivity contribution in [2.75, 3.05) is 5.75 Å². The fourth-order valence-corrected chi connectivity index (χ4v) is 1.60. The molecule has 0 saturated heterocycles. The van der Waals surface area contributed by atoms with Crippen molar-refractivity contribution in [1.29, 1.82) is 0 Å². The Hall–Kier alpha value is -0.250. The molecule has 4 heteroatoms. The lowest BCUT2D eigenvalue weighted by Gasteiger charge is -2.15. The molecule has 1 aromatic heterocycles. The summed E-state index contributed by atoms with van der Waals surface area (Å²) in [6, 6.07) is 3.64. The van der Waals surface area contributed by atoms with Crippen molar-refractivity contribution in [2.24, 2.45) is 0 Å². The van der Waals surface area contributed by atoms with E-state index in [0.29, 0.717) is 10.8 Å². The first-order valence-corrected chi connectivity index (χ1v) is 5.30. The highest BCUT2D eigenvalue weighted by molar-refractivity contribution is 7.99. The highest BCUT2D eigenvalue weighted by Crippen LogP contribution is 2.21. The predicted molar refractivity (Wildman–Crippen MR) is 56.3 cm³/mol. The Kier molecular flexibility index (Phi) is 3.59. The van der Waals surface area contributed by atoms with E-state index in [4.69, 9.17) is 11.6 Å². The maximum absolute atomic E-state index is 9.46. The van der Waals surface area contributed by atoms with Crippen molar-refractivity contribution in [3.63, 3.8) is 0 Å². The van der Waals surface area contributed by atoms with Crippen LogP contribution in [0.3, 0.4) is 0 Å². The summed E-state index contributed by atoms with van der Waals surface area (Å²) in [5.74, 6) is 0.627. The molecule has 1 aromatic rings. The van der Waals surface area contributed by atoms with E-state index >= 15 is 0 Å². The van der Waals surface area contributed by atoms with Gasteiger partial charge < -0.3 is 5.11 Å². The molecule has 72 valence electrons. The van der Waals surface area contributed by atoms with Crippen molar-refractivity contribution in [1.82, 2.24) is 4.98 Å². The second kappa shape index (κ2) is 4.31. The van der Waals surface area contributed by atoms with E-state index in [0.717, 1.165) is 5.03 Å². The van der Waals surface area contributed by atoms with Crippen LogP contribution < -0.4 is 0 Å². The van der Waals surface area contributed by atoms with Crippen LogP contribution >= 0.6 is 23.4 Å². The number of aromatic nitrogens is 1. The van der Waals surface area contributed by atoms with Crippen LogP contribution in [0.2, 0.25) is 5.02 Å². The minimum Gasteiger partial charge on any atom is -0.390 e. The molecule has 0 spiro atoms. The van der Waals surface area contributed by atoms with Gasteiger partial charge in [-0.15, -0.1) is 11.8 Å². The zero-order chi connectivity index (χ0) is 9.90. The fraction of sp³-hybridized carbons (Fsp3) is 0.444. The third-order valence-corrected chi connectivity index (χ3v) is 2.89. The van der Waals surface area contributed by atoms with Crippen LogP contribution in [0.4, 0.5) is 0 Å². The third kappa shape index (κ3) is 4.50. The van der Waals surface area contributed by atoms with Crippen LogP contribution in [0.5, 0.6) is 0 Å². The highest BCUT2D eigenvalue weighted by Gasteiger charge is 2.12. The van der Waals surface area contributed by atoms with Gasteiger partial charge in [0, 0.05) is 11.9 Å². The molecule has 0 amide bonds. The Balaban J connectivity index is 2.51. The lowest BCUT2D eigenvalue weighted by molar-refractivity contribution is 0.107. The van der Waals surface area contributed by atoms with Gasteiger partial charge in [0.25, 0.3) is 0 Å². The first-order valence-electron chi connectivity index (χ1n) is 3.94. The molecule has 0 radical (unpaired) electrons. The summed E-state index contributed by atoms with van der Waals surface area (Å²) < 4.78 is 0. The van der Waals surface area contributed by atoms with Gasteiger partial charge in [-0.05, 0) is 26.0 Å². The number of aliphatic hydroxyl groups is 1. The minimum absolute atomic E-state index is 0.627. The number of hydrogen-bond acceptors (Lipinski definition) is 3. The minimum atomic E-state index is -0.661. The molecule has 1 heterocycles. The summed E-state index contributed by atoms with van der Waals surface area (Å²) in [6.45, 7) is 3.55. The topological polar surface area (TPSA) is 33.1 Å². The van der Waals surface area contributed by atoms with Gasteiger partial charge in [0.2, 0.25) is 0 Å². The standard InChI is InChI=1S/C9H12ClNOS/c1-9(2,12)6-13-8-4-3-7(10)5-11-8/h3-5,12H,6H2,1-2H3. The van der Waals surface area contributed by atoms with Gasteiger partial charge in [0.1, 0.15) is 0 Å². The second-order valence-corrected chi connectivity index (χ2v) is 4.85. The Morgan fingerprint density at radius 2 is 2.23 bits per heavy atom. The smallest absolute Gasteiger partial charge is 0.0961 e. The average Bonchev–Trinajstić information content (AvgIpc) is 2.02. The monoisotopic (exact) mass is 217 g/mol. The van der Waals surface area contributed by atoms with E-state index in [1.807, 2.05) is 6.07 Å². The Bertz CT molecular complexity index is 268. The largest absolute Gasteiger partial charge is 0.390 e. The molecule has 0 bridgehead atoms. The van der Waals surface area contributed by atoms with Crippen LogP contribution in [-0.2, 0) is 0 Å². The van der Waals surface area contributed by atoms with Crippen LogP contribution in [0.25, 0.3) is 0 Å². The molecule has 0 atom stereocenters. The van der Waals surface area contributed by atoms with Gasteiger partial charge in [0.15, 0.2) is 0 Å². The van der Waals surface area contributed by atoms with Crippen LogP contribution in [-0.4, -0.2) is 21.4 Å². The number of nitrogens with zero attached hydrogens (tertiary/aromatic N) is 1. The first kappa shape index (κ1) is 10.8. The summed E-state index contributed by atoms with van der Waals surface area (Å²) in [5.41, 5.74) is -0.661. The summed E-state index contributed by atoms with van der Waals surface area (Å²) in [7, 11) is 0. The third-order valence-electron chi connectivity index (χ3n) is 1.27. The Morgan fingerprint density at radius 3 is 2.69 bits per heavy atom. The molecule has 1 N–H and O–H groups in total. The molecule has 2 nitrogen and oxygen atoms in total. The summed E-state index contributed by atoms with van der Waals surface area (Å²) in [6.07, 6.45) is 1.61. The SMILES string of the molecule is CC(C)(O)CSc1ccc(Cl)cn1. The highest BCUT2D eigenvalue weighted by atomic mass is 35.5. The molecule has 13 heavy (non-hydrogen) atoms. The van der Waals surface area contributed by atoms with Crippen molar-refractivity contribution in [2.45, 2.75) is 24.5 Å². The van der Waals surface area contributed by atoms with Crippen LogP contribution in [0, 0.1) is 0 Å². The molecule has 0 saturated carbocycles. The normalized spacial score (nSPS) is 11.7. The lowest BCUT2D eigenvalue weighted by Crippen LogP contribution is -2.21. The number of rotatable bonds is 3. The van der Waals surface area contributed by atoms with Gasteiger partial charge >= 0.3 is 0 Å². The van der Waals surface area contributed by atoms with Gasteiger partial charge in [-0.3, -0.25) is 0 Å². The predicted octanol–water partition coefficient (Wildman–Crippen LogP) is 2.60. The van der Waals surface area contributed by atoms with Crippen LogP contribution in [0.15, 0.2) is 23.4 Å². The maximum Gasteiger partial charge on any atom is 0.0961 e. The number of hydrogen-bond donors (Lipinski definition) is 1. The second-order valence-electron chi connectivity index (χ2n) is 3.42. The zero-order valence-electron chi connectivity index (χ0n) is 7.62. The molecule has 0 unspecified atom stereocenters. The van der Waals surface area contributed by atoms with Crippen molar-refractivity contribution in [3.8, 4) is 0 Å². The van der Waals surface area contributed by atoms with Crippen LogP contribution in [0.1, 0.15) is 13.8 Å². The van der Waals surface area contributed by atoms with E-state index in [2.05, 4.69) is 4.98 Å². The van der Waals surface area contributed by atoms with Crippen molar-refractivity contribution < 1.29 is 5.11 Å². The Labute approximate surface area is 87.3 Å². The van der Waals surface area contributed by atoms with E-state index in [-0.39, 0.29) is 0 Å². The van der Waals surface area contributed by atoms with E-state index in [9.17, 15) is 5.11 Å². The number of halogens is 1. The fourth-order valence-electron chi connectivity index (χ4n) is 0.698. The van der Waals surface area contributed by atoms with Crippen molar-refractivity contribution in [3.05, 3.63) is 23.4 Å². The Morgan fingerprint density at radius 1 is 1.54 bits per heavy atom. The maximum atomic E-state index is 9.46. The molecule has 1 rings (SSSR count). The summed E-state index contributed by atoms with van der Waals surface area (Å²) in [5, 5.41) is 11.0. The number of thioether (sulfide) groups is 1. The van der Waals surface area contributed by atoms with E-state index < -0.39 is 5.60 Å². The summed E-state index contributed by atoms with van der Waals surface area (Å²) >= 11 is 7.20. The van der Waals surface area contributed by atoms with Gasteiger partial charge in [-0.25, -0.2) is 4.98 Å². The summed E-state index contributed by atoms with van der Waals surface area (Å²) in [4.78, 5) is 4.10. The van der Waals surface area contributed by atoms with E-state index in [1.165, 1.54) is 11.8 Å². The lowest BCUT2D eigenvalue weighted by atomic mass is 10.2. The van der Waals surface area contributed by atoms with Gasteiger partial charge in [-0.1, -0.05) is 11.6 Å².